The Morgan fingerprint density at radius 1 is 1.10 bits per heavy atom. The molecule has 3 aromatic rings. The van der Waals surface area contributed by atoms with Gasteiger partial charge < -0.3 is 4.90 Å². The predicted molar refractivity (Wildman–Crippen MR) is 109 cm³/mol. The van der Waals surface area contributed by atoms with Crippen LogP contribution in [0.5, 0.6) is 0 Å². The molecule has 29 heavy (non-hydrogen) atoms. The van der Waals surface area contributed by atoms with Gasteiger partial charge in [-0.3, -0.25) is 9.59 Å². The number of aromatic nitrogens is 2. The Bertz CT molecular complexity index is 1080. The van der Waals surface area contributed by atoms with Crippen LogP contribution in [-0.2, 0) is 17.9 Å². The number of hydrogen-bond acceptors (Lipinski definition) is 3. The molecule has 0 atom stereocenters. The van der Waals surface area contributed by atoms with E-state index in [0.717, 1.165) is 23.1 Å². The summed E-state index contributed by atoms with van der Waals surface area (Å²) in [7, 11) is 0. The first-order chi connectivity index (χ1) is 14.0. The van der Waals surface area contributed by atoms with E-state index in [0.29, 0.717) is 5.69 Å². The molecule has 1 saturated carbocycles. The molecular formula is C22H19ClFN3O2. The number of benzene rings is 2. The van der Waals surface area contributed by atoms with Crippen LogP contribution >= 0.6 is 11.6 Å². The number of rotatable bonds is 6. The lowest BCUT2D eigenvalue weighted by Gasteiger charge is -2.23. The Balaban J connectivity index is 1.58. The van der Waals surface area contributed by atoms with Gasteiger partial charge in [0, 0.05) is 28.3 Å². The molecule has 0 bridgehead atoms. The topological polar surface area (TPSA) is 55.2 Å². The molecule has 1 aliphatic rings. The van der Waals surface area contributed by atoms with Gasteiger partial charge in [-0.05, 0) is 31.0 Å². The lowest BCUT2D eigenvalue weighted by atomic mass is 10.1. The summed E-state index contributed by atoms with van der Waals surface area (Å²) in [6.07, 6.45) is 1.70. The fourth-order valence-electron chi connectivity index (χ4n) is 3.20. The van der Waals surface area contributed by atoms with E-state index < -0.39 is 5.82 Å². The predicted octanol–water partition coefficient (Wildman–Crippen LogP) is 3.89. The van der Waals surface area contributed by atoms with Gasteiger partial charge in [0.25, 0.3) is 5.56 Å². The minimum atomic E-state index is -0.447. The van der Waals surface area contributed by atoms with E-state index in [1.165, 1.54) is 18.2 Å². The molecule has 7 heteroatoms. The number of carbonyl (C=O) groups is 1. The monoisotopic (exact) mass is 411 g/mol. The number of amides is 1. The van der Waals surface area contributed by atoms with Crippen molar-refractivity contribution in [2.75, 3.05) is 0 Å². The summed E-state index contributed by atoms with van der Waals surface area (Å²) in [5.74, 6) is -0.732. The first-order valence-corrected chi connectivity index (χ1v) is 9.76. The summed E-state index contributed by atoms with van der Waals surface area (Å²) in [6.45, 7) is -0.135. The fourth-order valence-corrected chi connectivity index (χ4v) is 3.43. The highest BCUT2D eigenvalue weighted by Gasteiger charge is 2.33. The van der Waals surface area contributed by atoms with Gasteiger partial charge in [-0.25, -0.2) is 9.07 Å². The zero-order valence-electron chi connectivity index (χ0n) is 15.6. The van der Waals surface area contributed by atoms with Gasteiger partial charge in [0.15, 0.2) is 0 Å². The van der Waals surface area contributed by atoms with Crippen molar-refractivity contribution >= 4 is 17.5 Å². The third-order valence-corrected chi connectivity index (χ3v) is 5.27. The van der Waals surface area contributed by atoms with Crippen LogP contribution in [0.2, 0.25) is 5.02 Å². The van der Waals surface area contributed by atoms with Gasteiger partial charge in [-0.15, -0.1) is 0 Å². The third-order valence-electron chi connectivity index (χ3n) is 4.92. The second kappa shape index (κ2) is 8.17. The third kappa shape index (κ3) is 4.38. The van der Waals surface area contributed by atoms with Crippen molar-refractivity contribution in [1.82, 2.24) is 14.7 Å². The van der Waals surface area contributed by atoms with Gasteiger partial charge in [0.05, 0.1) is 12.2 Å². The van der Waals surface area contributed by atoms with E-state index >= 15 is 0 Å². The Hall–Kier alpha value is -2.99. The maximum absolute atomic E-state index is 14.2. The zero-order chi connectivity index (χ0) is 20.4. The van der Waals surface area contributed by atoms with E-state index in [4.69, 9.17) is 11.6 Å². The summed E-state index contributed by atoms with van der Waals surface area (Å²) in [4.78, 5) is 26.8. The second-order valence-corrected chi connectivity index (χ2v) is 7.44. The van der Waals surface area contributed by atoms with Crippen LogP contribution in [0.4, 0.5) is 4.39 Å². The highest BCUT2D eigenvalue weighted by molar-refractivity contribution is 6.31. The van der Waals surface area contributed by atoms with Gasteiger partial charge in [-0.2, -0.15) is 5.10 Å². The highest BCUT2D eigenvalue weighted by Crippen LogP contribution is 2.31. The normalized spacial score (nSPS) is 13.3. The van der Waals surface area contributed by atoms with Gasteiger partial charge >= 0.3 is 0 Å². The summed E-state index contributed by atoms with van der Waals surface area (Å²) < 4.78 is 15.4. The van der Waals surface area contributed by atoms with Crippen LogP contribution in [0.1, 0.15) is 18.4 Å². The molecule has 1 heterocycles. The lowest BCUT2D eigenvalue weighted by Crippen LogP contribution is -2.38. The summed E-state index contributed by atoms with van der Waals surface area (Å²) >= 11 is 6.13. The Morgan fingerprint density at radius 3 is 2.55 bits per heavy atom. The van der Waals surface area contributed by atoms with Crippen LogP contribution in [0, 0.1) is 5.82 Å². The summed E-state index contributed by atoms with van der Waals surface area (Å²) in [6, 6.07) is 16.9. The minimum Gasteiger partial charge on any atom is -0.334 e. The smallest absolute Gasteiger partial charge is 0.267 e. The second-order valence-electron chi connectivity index (χ2n) is 7.03. The molecule has 1 fully saturated rings. The number of hydrogen-bond donors (Lipinski definition) is 0. The molecule has 148 valence electrons. The summed E-state index contributed by atoms with van der Waals surface area (Å²) in [5.41, 5.74) is 1.38. The largest absolute Gasteiger partial charge is 0.334 e. The zero-order valence-corrected chi connectivity index (χ0v) is 16.3. The first kappa shape index (κ1) is 19.3. The average molecular weight is 412 g/mol. The molecule has 1 aliphatic carbocycles. The maximum Gasteiger partial charge on any atom is 0.267 e. The van der Waals surface area contributed by atoms with Crippen molar-refractivity contribution in [3.05, 3.63) is 87.4 Å². The van der Waals surface area contributed by atoms with E-state index in [9.17, 15) is 14.0 Å². The van der Waals surface area contributed by atoms with Gasteiger partial charge in [0.1, 0.15) is 12.4 Å². The van der Waals surface area contributed by atoms with Crippen molar-refractivity contribution < 1.29 is 9.18 Å². The quantitative estimate of drug-likeness (QED) is 0.618. The molecule has 2 aromatic carbocycles. The molecule has 1 aromatic heterocycles. The minimum absolute atomic E-state index is 0.0335. The van der Waals surface area contributed by atoms with Crippen molar-refractivity contribution in [3.63, 3.8) is 0 Å². The van der Waals surface area contributed by atoms with Gasteiger partial charge in [-0.1, -0.05) is 48.0 Å². The number of nitrogens with zero attached hydrogens (tertiary/aromatic N) is 3. The van der Waals surface area contributed by atoms with E-state index in [2.05, 4.69) is 5.10 Å². The molecule has 4 rings (SSSR count). The summed E-state index contributed by atoms with van der Waals surface area (Å²) in [5, 5.41) is 4.63. The van der Waals surface area contributed by atoms with Crippen LogP contribution in [-0.4, -0.2) is 26.6 Å². The lowest BCUT2D eigenvalue weighted by molar-refractivity contribution is -0.133. The molecule has 0 saturated heterocycles. The van der Waals surface area contributed by atoms with E-state index in [-0.39, 0.29) is 41.2 Å². The van der Waals surface area contributed by atoms with Crippen LogP contribution in [0.15, 0.2) is 65.5 Å². The Kier molecular flexibility index (Phi) is 5.45. The van der Waals surface area contributed by atoms with Crippen molar-refractivity contribution in [1.29, 1.82) is 0 Å². The first-order valence-electron chi connectivity index (χ1n) is 9.39. The van der Waals surface area contributed by atoms with Gasteiger partial charge in [0.2, 0.25) is 5.91 Å². The van der Waals surface area contributed by atoms with Crippen LogP contribution < -0.4 is 5.56 Å². The van der Waals surface area contributed by atoms with Crippen molar-refractivity contribution in [3.8, 4) is 11.3 Å². The average Bonchev–Trinajstić information content (AvgIpc) is 3.55. The van der Waals surface area contributed by atoms with Crippen LogP contribution in [0.3, 0.4) is 0 Å². The molecule has 1 amide bonds. The van der Waals surface area contributed by atoms with E-state index in [1.54, 1.807) is 17.0 Å². The van der Waals surface area contributed by atoms with Crippen molar-refractivity contribution in [2.45, 2.75) is 32.0 Å². The Labute approximate surface area is 172 Å². The Morgan fingerprint density at radius 2 is 1.86 bits per heavy atom. The molecule has 0 aliphatic heterocycles. The molecule has 5 nitrogen and oxygen atoms in total. The molecule has 0 N–H and O–H groups in total. The molecule has 0 unspecified atom stereocenters. The molecule has 0 spiro atoms. The fraction of sp³-hybridized carbons (Fsp3) is 0.227. The molecular weight excluding hydrogens is 393 g/mol. The SMILES string of the molecule is O=C(Cn1nc(-c2ccccc2)ccc1=O)N(Cc1c(F)cccc1Cl)C1CC1. The van der Waals surface area contributed by atoms with Crippen molar-refractivity contribution in [2.24, 2.45) is 0 Å². The molecule has 0 radical (unpaired) electrons. The highest BCUT2D eigenvalue weighted by atomic mass is 35.5. The maximum atomic E-state index is 14.2. The standard InChI is InChI=1S/C22H19ClFN3O2/c23-18-7-4-8-19(24)17(18)13-26(16-9-10-16)22(29)14-27-21(28)12-11-20(25-27)15-5-2-1-3-6-15/h1-8,11-12,16H,9-10,13-14H2. The number of halogens is 2. The van der Waals surface area contributed by atoms with E-state index in [1.807, 2.05) is 30.3 Å². The number of carbonyl (C=O) groups excluding carboxylic acids is 1. The van der Waals surface area contributed by atoms with Crippen LogP contribution in [0.25, 0.3) is 11.3 Å².